The summed E-state index contributed by atoms with van der Waals surface area (Å²) in [6.45, 7) is 0.794. The van der Waals surface area contributed by atoms with E-state index in [4.69, 9.17) is 0 Å². The summed E-state index contributed by atoms with van der Waals surface area (Å²) in [5, 5.41) is 10.5. The molecule has 1 aliphatic heterocycles. The number of nitrogens with zero attached hydrogens (tertiary/aromatic N) is 3. The third kappa shape index (κ3) is 2.17. The Labute approximate surface area is 109 Å². The summed E-state index contributed by atoms with van der Waals surface area (Å²) in [6.07, 6.45) is 8.34. The van der Waals surface area contributed by atoms with Crippen LogP contribution in [-0.4, -0.2) is 17.1 Å². The van der Waals surface area contributed by atoms with Crippen LogP contribution in [0.2, 0.25) is 0 Å². The van der Waals surface area contributed by atoms with Crippen LogP contribution >= 0.6 is 15.9 Å². The van der Waals surface area contributed by atoms with Crippen molar-refractivity contribution in [2.75, 3.05) is 0 Å². The summed E-state index contributed by atoms with van der Waals surface area (Å²) in [6, 6.07) is 8.76. The maximum Gasteiger partial charge on any atom is 0.117 e. The number of hydrogen-bond acceptors (Lipinski definition) is 3. The van der Waals surface area contributed by atoms with Gasteiger partial charge in [0.15, 0.2) is 0 Å². The van der Waals surface area contributed by atoms with E-state index in [0.717, 1.165) is 11.0 Å². The zero-order valence-corrected chi connectivity index (χ0v) is 10.8. The molecule has 0 amide bonds. The van der Waals surface area contributed by atoms with Gasteiger partial charge in [0, 0.05) is 4.47 Å². The van der Waals surface area contributed by atoms with Crippen LogP contribution in [0.25, 0.3) is 0 Å². The molecule has 1 aromatic carbocycles. The van der Waals surface area contributed by atoms with Gasteiger partial charge in [-0.05, 0) is 17.7 Å². The highest BCUT2D eigenvalue weighted by atomic mass is 79.9. The molecule has 0 N–H and O–H groups in total. The molecule has 0 saturated heterocycles. The van der Waals surface area contributed by atoms with Crippen molar-refractivity contribution in [1.82, 2.24) is 5.01 Å². The lowest BCUT2D eigenvalue weighted by Crippen LogP contribution is -2.32. The van der Waals surface area contributed by atoms with Gasteiger partial charge >= 0.3 is 0 Å². The highest BCUT2D eigenvalue weighted by Crippen LogP contribution is 2.25. The Kier molecular flexibility index (Phi) is 2.81. The van der Waals surface area contributed by atoms with E-state index in [-0.39, 0.29) is 12.1 Å². The molecule has 1 heterocycles. The fourth-order valence-electron chi connectivity index (χ4n) is 2.11. The second kappa shape index (κ2) is 4.45. The van der Waals surface area contributed by atoms with Crippen LogP contribution in [0.3, 0.4) is 0 Å². The van der Waals surface area contributed by atoms with Gasteiger partial charge in [-0.15, -0.1) is 0 Å². The summed E-state index contributed by atoms with van der Waals surface area (Å²) >= 11 is 3.48. The number of allylic oxidation sites excluding steroid dienone is 2. The van der Waals surface area contributed by atoms with E-state index in [1.54, 1.807) is 0 Å². The first-order chi connectivity index (χ1) is 8.33. The van der Waals surface area contributed by atoms with Crippen LogP contribution in [0.15, 0.2) is 63.4 Å². The average Bonchev–Trinajstić information content (AvgIpc) is 2.73. The zero-order valence-electron chi connectivity index (χ0n) is 9.20. The van der Waals surface area contributed by atoms with Crippen molar-refractivity contribution < 1.29 is 0 Å². The first-order valence-corrected chi connectivity index (χ1v) is 6.39. The van der Waals surface area contributed by atoms with Gasteiger partial charge in [-0.3, -0.25) is 5.01 Å². The third-order valence-electron chi connectivity index (χ3n) is 2.96. The maximum absolute atomic E-state index is 4.26. The molecule has 0 fully saturated rings. The van der Waals surface area contributed by atoms with E-state index in [1.807, 2.05) is 23.2 Å². The lowest BCUT2D eigenvalue weighted by molar-refractivity contribution is 0.253. The first kappa shape index (κ1) is 10.7. The quantitative estimate of drug-likeness (QED) is 0.819. The van der Waals surface area contributed by atoms with Crippen molar-refractivity contribution in [3.8, 4) is 0 Å². The van der Waals surface area contributed by atoms with E-state index in [2.05, 4.69) is 56.6 Å². The molecule has 2 unspecified atom stereocenters. The number of benzene rings is 1. The van der Waals surface area contributed by atoms with Gasteiger partial charge in [0.2, 0.25) is 0 Å². The summed E-state index contributed by atoms with van der Waals surface area (Å²) in [5.41, 5.74) is 1.24. The van der Waals surface area contributed by atoms with Gasteiger partial charge in [0.25, 0.3) is 0 Å². The van der Waals surface area contributed by atoms with E-state index >= 15 is 0 Å². The Balaban J connectivity index is 1.76. The smallest absolute Gasteiger partial charge is 0.117 e. The van der Waals surface area contributed by atoms with Crippen LogP contribution in [0.5, 0.6) is 0 Å². The summed E-state index contributed by atoms with van der Waals surface area (Å²) in [7, 11) is 0. The monoisotopic (exact) mass is 289 g/mol. The molecule has 0 aromatic heterocycles. The molecule has 4 heteroatoms. The molecule has 3 nitrogen and oxygen atoms in total. The van der Waals surface area contributed by atoms with Crippen molar-refractivity contribution in [1.29, 1.82) is 0 Å². The van der Waals surface area contributed by atoms with Crippen molar-refractivity contribution in [2.24, 2.45) is 10.3 Å². The second-order valence-electron chi connectivity index (χ2n) is 4.18. The molecule has 2 aliphatic rings. The van der Waals surface area contributed by atoms with Crippen LogP contribution in [0.1, 0.15) is 5.56 Å². The Morgan fingerprint density at radius 2 is 2.12 bits per heavy atom. The fourth-order valence-corrected chi connectivity index (χ4v) is 2.56. The number of hydrogen-bond donors (Lipinski definition) is 0. The number of rotatable bonds is 2. The summed E-state index contributed by atoms with van der Waals surface area (Å²) < 4.78 is 1.10. The lowest BCUT2D eigenvalue weighted by atomic mass is 10.0. The molecule has 1 aromatic rings. The molecular weight excluding hydrogens is 278 g/mol. The van der Waals surface area contributed by atoms with Gasteiger partial charge in [0.05, 0.1) is 12.6 Å². The Morgan fingerprint density at radius 3 is 3.00 bits per heavy atom. The summed E-state index contributed by atoms with van der Waals surface area (Å²) in [5.74, 6) is 0. The largest absolute Gasteiger partial charge is 0.265 e. The predicted octanol–water partition coefficient (Wildman–Crippen LogP) is 3.50. The van der Waals surface area contributed by atoms with Crippen molar-refractivity contribution in [3.05, 3.63) is 58.6 Å². The van der Waals surface area contributed by atoms with Crippen LogP contribution in [0, 0.1) is 0 Å². The van der Waals surface area contributed by atoms with Gasteiger partial charge in [-0.25, -0.2) is 0 Å². The zero-order chi connectivity index (χ0) is 11.7. The van der Waals surface area contributed by atoms with Crippen LogP contribution in [0.4, 0.5) is 0 Å². The molecule has 0 spiro atoms. The molecule has 17 heavy (non-hydrogen) atoms. The Morgan fingerprint density at radius 1 is 1.24 bits per heavy atom. The van der Waals surface area contributed by atoms with Gasteiger partial charge in [-0.2, -0.15) is 5.11 Å². The van der Waals surface area contributed by atoms with Crippen molar-refractivity contribution >= 4 is 15.9 Å². The molecule has 0 saturated carbocycles. The number of fused-ring (bicyclic) bond motifs is 1. The van der Waals surface area contributed by atoms with Crippen LogP contribution < -0.4 is 0 Å². The highest BCUT2D eigenvalue weighted by molar-refractivity contribution is 9.10. The van der Waals surface area contributed by atoms with Crippen LogP contribution in [-0.2, 0) is 6.54 Å². The summed E-state index contributed by atoms with van der Waals surface area (Å²) in [4.78, 5) is 0. The number of halogens is 1. The minimum Gasteiger partial charge on any atom is -0.265 e. The predicted molar refractivity (Wildman–Crippen MR) is 70.4 cm³/mol. The molecule has 3 rings (SSSR count). The average molecular weight is 290 g/mol. The van der Waals surface area contributed by atoms with Crippen molar-refractivity contribution in [2.45, 2.75) is 18.6 Å². The molecule has 1 aliphatic carbocycles. The first-order valence-electron chi connectivity index (χ1n) is 5.60. The third-order valence-corrected chi connectivity index (χ3v) is 3.45. The van der Waals surface area contributed by atoms with Gasteiger partial charge in [-0.1, -0.05) is 57.6 Å². The molecule has 0 radical (unpaired) electrons. The van der Waals surface area contributed by atoms with E-state index in [0.29, 0.717) is 0 Å². The minimum absolute atomic E-state index is 0.187. The molecule has 2 atom stereocenters. The van der Waals surface area contributed by atoms with E-state index in [1.165, 1.54) is 5.56 Å². The molecular formula is C13H12BrN3. The normalized spacial score (nSPS) is 25.4. The van der Waals surface area contributed by atoms with Crippen molar-refractivity contribution in [3.63, 3.8) is 0 Å². The Hall–Kier alpha value is -1.42. The van der Waals surface area contributed by atoms with E-state index in [9.17, 15) is 0 Å². The minimum atomic E-state index is 0.187. The Bertz CT molecular complexity index is 507. The standard InChI is InChI=1S/C13H12BrN3/c14-11-5-3-4-10(8-11)9-17-13-7-2-1-6-12(13)15-16-17/h1-8,12-13H,9H2. The topological polar surface area (TPSA) is 28.0 Å². The van der Waals surface area contributed by atoms with E-state index < -0.39 is 0 Å². The molecule has 0 bridgehead atoms. The van der Waals surface area contributed by atoms with Gasteiger partial charge < -0.3 is 0 Å². The SMILES string of the molecule is Brc1cccc(CN2N=NC3C=CC=CC32)c1. The maximum atomic E-state index is 4.26. The fraction of sp³-hybridized carbons (Fsp3) is 0.231. The second-order valence-corrected chi connectivity index (χ2v) is 5.10. The van der Waals surface area contributed by atoms with Gasteiger partial charge in [0.1, 0.15) is 6.04 Å². The lowest BCUT2D eigenvalue weighted by Gasteiger charge is -2.23. The highest BCUT2D eigenvalue weighted by Gasteiger charge is 2.29. The molecule has 86 valence electrons.